The fraction of sp³-hybridized carbons (Fsp3) is 0.625. The molecule has 2 unspecified atom stereocenters. The van der Waals surface area contributed by atoms with Crippen LogP contribution in [0, 0.1) is 5.82 Å². The standard InChI is InChI=1S/C16H23BrFNO2/c1-19-15(7-6-11-5-3-4-8-21-11)12-9-13(17)14(18)10-16(12)20-2/h9-11,15,19H,3-8H2,1-2H3. The Hall–Kier alpha value is -0.650. The molecule has 2 atom stereocenters. The van der Waals surface area contributed by atoms with Gasteiger partial charge in [-0.3, -0.25) is 0 Å². The van der Waals surface area contributed by atoms with Gasteiger partial charge in [-0.1, -0.05) is 0 Å². The number of ether oxygens (including phenoxy) is 2. The fourth-order valence-corrected chi connectivity index (χ4v) is 3.20. The van der Waals surface area contributed by atoms with Crippen LogP contribution in [0.3, 0.4) is 0 Å². The van der Waals surface area contributed by atoms with E-state index in [9.17, 15) is 4.39 Å². The second kappa shape index (κ2) is 8.11. The van der Waals surface area contributed by atoms with Crippen LogP contribution in [0.2, 0.25) is 0 Å². The zero-order valence-electron chi connectivity index (χ0n) is 12.6. The third kappa shape index (κ3) is 4.41. The van der Waals surface area contributed by atoms with Crippen molar-refractivity contribution in [2.24, 2.45) is 0 Å². The van der Waals surface area contributed by atoms with E-state index in [1.807, 2.05) is 7.05 Å². The molecule has 1 aromatic carbocycles. The van der Waals surface area contributed by atoms with Gasteiger partial charge in [0.15, 0.2) is 0 Å². The van der Waals surface area contributed by atoms with E-state index >= 15 is 0 Å². The van der Waals surface area contributed by atoms with Gasteiger partial charge >= 0.3 is 0 Å². The minimum Gasteiger partial charge on any atom is -0.496 e. The van der Waals surface area contributed by atoms with Gasteiger partial charge in [0.25, 0.3) is 0 Å². The van der Waals surface area contributed by atoms with E-state index < -0.39 is 0 Å². The lowest BCUT2D eigenvalue weighted by molar-refractivity contribution is 0.00862. The molecule has 0 saturated carbocycles. The summed E-state index contributed by atoms with van der Waals surface area (Å²) in [6.07, 6.45) is 5.86. The molecule has 5 heteroatoms. The van der Waals surface area contributed by atoms with E-state index in [0.717, 1.165) is 31.4 Å². The van der Waals surface area contributed by atoms with Crippen molar-refractivity contribution in [3.63, 3.8) is 0 Å². The Balaban J connectivity index is 2.07. The summed E-state index contributed by atoms with van der Waals surface area (Å²) in [6.45, 7) is 0.875. The minimum atomic E-state index is -0.305. The molecule has 1 aromatic rings. The molecule has 0 bridgehead atoms. The molecule has 0 spiro atoms. The fourth-order valence-electron chi connectivity index (χ4n) is 2.84. The molecule has 3 nitrogen and oxygen atoms in total. The highest BCUT2D eigenvalue weighted by Gasteiger charge is 2.20. The molecule has 1 aliphatic heterocycles. The molecule has 1 N–H and O–H groups in total. The van der Waals surface area contributed by atoms with Crippen molar-refractivity contribution in [3.8, 4) is 5.75 Å². The van der Waals surface area contributed by atoms with E-state index in [0.29, 0.717) is 16.3 Å². The van der Waals surface area contributed by atoms with Crippen molar-refractivity contribution in [1.82, 2.24) is 5.32 Å². The summed E-state index contributed by atoms with van der Waals surface area (Å²) in [5.41, 5.74) is 0.976. The van der Waals surface area contributed by atoms with Gasteiger partial charge in [-0.15, -0.1) is 0 Å². The van der Waals surface area contributed by atoms with E-state index in [-0.39, 0.29) is 11.9 Å². The maximum Gasteiger partial charge on any atom is 0.141 e. The van der Waals surface area contributed by atoms with Gasteiger partial charge in [0.1, 0.15) is 11.6 Å². The number of nitrogens with one attached hydrogen (secondary N) is 1. The molecule has 1 fully saturated rings. The van der Waals surface area contributed by atoms with Crippen molar-refractivity contribution >= 4 is 15.9 Å². The summed E-state index contributed by atoms with van der Waals surface area (Å²) < 4.78 is 25.2. The molecule has 118 valence electrons. The van der Waals surface area contributed by atoms with Gasteiger partial charge in [0.2, 0.25) is 0 Å². The first-order chi connectivity index (χ1) is 10.2. The van der Waals surface area contributed by atoms with Crippen molar-refractivity contribution in [1.29, 1.82) is 0 Å². The Morgan fingerprint density at radius 1 is 1.48 bits per heavy atom. The molecule has 1 saturated heterocycles. The first kappa shape index (κ1) is 16.7. The van der Waals surface area contributed by atoms with E-state index in [1.54, 1.807) is 13.2 Å². The highest BCUT2D eigenvalue weighted by molar-refractivity contribution is 9.10. The Morgan fingerprint density at radius 2 is 2.29 bits per heavy atom. The summed E-state index contributed by atoms with van der Waals surface area (Å²) in [4.78, 5) is 0. The lowest BCUT2D eigenvalue weighted by Gasteiger charge is -2.25. The summed E-state index contributed by atoms with van der Waals surface area (Å²) in [5.74, 6) is 0.278. The van der Waals surface area contributed by atoms with Crippen LogP contribution in [-0.2, 0) is 4.74 Å². The average molecular weight is 360 g/mol. The smallest absolute Gasteiger partial charge is 0.141 e. The third-order valence-corrected chi connectivity index (χ3v) is 4.66. The summed E-state index contributed by atoms with van der Waals surface area (Å²) in [6, 6.07) is 3.36. The second-order valence-electron chi connectivity index (χ2n) is 5.42. The van der Waals surface area contributed by atoms with E-state index in [4.69, 9.17) is 9.47 Å². The Morgan fingerprint density at radius 3 is 2.90 bits per heavy atom. The Labute approximate surface area is 134 Å². The molecule has 0 amide bonds. The molecule has 1 heterocycles. The molecule has 1 aliphatic rings. The number of benzene rings is 1. The monoisotopic (exact) mass is 359 g/mol. The average Bonchev–Trinajstić information content (AvgIpc) is 2.52. The van der Waals surface area contributed by atoms with Gasteiger partial charge in [-0.05, 0) is 61.1 Å². The Kier molecular flexibility index (Phi) is 6.45. The normalized spacial score (nSPS) is 20.3. The Bertz CT molecular complexity index is 464. The predicted octanol–water partition coefficient (Wildman–Crippen LogP) is 4.21. The second-order valence-corrected chi connectivity index (χ2v) is 6.27. The zero-order chi connectivity index (χ0) is 15.2. The van der Waals surface area contributed by atoms with Crippen molar-refractivity contribution in [3.05, 3.63) is 28.0 Å². The summed E-state index contributed by atoms with van der Waals surface area (Å²) in [7, 11) is 3.49. The number of hydrogen-bond acceptors (Lipinski definition) is 3. The van der Waals surface area contributed by atoms with Crippen LogP contribution in [0.4, 0.5) is 4.39 Å². The van der Waals surface area contributed by atoms with Crippen LogP contribution in [0.5, 0.6) is 5.75 Å². The van der Waals surface area contributed by atoms with Gasteiger partial charge in [-0.2, -0.15) is 0 Å². The number of rotatable bonds is 6. The SMILES string of the molecule is CNC(CCC1CCCCO1)c1cc(Br)c(F)cc1OC. The molecule has 21 heavy (non-hydrogen) atoms. The largest absolute Gasteiger partial charge is 0.496 e. The quantitative estimate of drug-likeness (QED) is 0.825. The summed E-state index contributed by atoms with van der Waals surface area (Å²) >= 11 is 3.25. The van der Waals surface area contributed by atoms with Gasteiger partial charge in [0, 0.05) is 24.3 Å². The molecule has 0 aliphatic carbocycles. The van der Waals surface area contributed by atoms with Crippen molar-refractivity contribution in [2.75, 3.05) is 20.8 Å². The summed E-state index contributed by atoms with van der Waals surface area (Å²) in [5, 5.41) is 3.30. The third-order valence-electron chi connectivity index (χ3n) is 4.05. The molecule has 0 radical (unpaired) electrons. The van der Waals surface area contributed by atoms with E-state index in [2.05, 4.69) is 21.2 Å². The molecular formula is C16H23BrFNO2. The predicted molar refractivity (Wildman–Crippen MR) is 85.3 cm³/mol. The van der Waals surface area contributed by atoms with Crippen LogP contribution in [0.15, 0.2) is 16.6 Å². The van der Waals surface area contributed by atoms with E-state index in [1.165, 1.54) is 18.9 Å². The topological polar surface area (TPSA) is 30.5 Å². The lowest BCUT2D eigenvalue weighted by Crippen LogP contribution is -2.23. The molecule has 2 rings (SSSR count). The van der Waals surface area contributed by atoms with Crippen molar-refractivity contribution in [2.45, 2.75) is 44.2 Å². The molecule has 0 aromatic heterocycles. The van der Waals surface area contributed by atoms with Crippen LogP contribution >= 0.6 is 15.9 Å². The zero-order valence-corrected chi connectivity index (χ0v) is 14.2. The van der Waals surface area contributed by atoms with Crippen LogP contribution < -0.4 is 10.1 Å². The first-order valence-electron chi connectivity index (χ1n) is 7.47. The van der Waals surface area contributed by atoms with Crippen molar-refractivity contribution < 1.29 is 13.9 Å². The van der Waals surface area contributed by atoms with Crippen LogP contribution in [-0.4, -0.2) is 26.9 Å². The van der Waals surface area contributed by atoms with Crippen LogP contribution in [0.25, 0.3) is 0 Å². The van der Waals surface area contributed by atoms with Crippen LogP contribution in [0.1, 0.15) is 43.7 Å². The maximum atomic E-state index is 13.6. The van der Waals surface area contributed by atoms with Gasteiger partial charge in [-0.25, -0.2) is 4.39 Å². The molecular weight excluding hydrogens is 337 g/mol. The number of methoxy groups -OCH3 is 1. The van der Waals surface area contributed by atoms with Gasteiger partial charge in [0.05, 0.1) is 17.7 Å². The number of halogens is 2. The first-order valence-corrected chi connectivity index (χ1v) is 8.26. The highest BCUT2D eigenvalue weighted by atomic mass is 79.9. The maximum absolute atomic E-state index is 13.6. The lowest BCUT2D eigenvalue weighted by atomic mass is 9.96. The number of hydrogen-bond donors (Lipinski definition) is 1. The minimum absolute atomic E-state index is 0.127. The highest BCUT2D eigenvalue weighted by Crippen LogP contribution is 2.33. The van der Waals surface area contributed by atoms with Gasteiger partial charge < -0.3 is 14.8 Å².